The monoisotopic (exact) mass is 437 g/mol. The van der Waals surface area contributed by atoms with Crippen LogP contribution in [0.1, 0.15) is 43.0 Å². The van der Waals surface area contributed by atoms with E-state index in [1.807, 2.05) is 24.3 Å². The minimum absolute atomic E-state index is 0.206. The SMILES string of the molecule is CC(=O)Oc1cccc(N2C(=O)[C@@H]3[C@H](C2=O)C2(C)c4ccccc4C3(C)c3ccccc32)c1. The Hall–Kier alpha value is -3.73. The van der Waals surface area contributed by atoms with Crippen LogP contribution in [0.3, 0.4) is 0 Å². The summed E-state index contributed by atoms with van der Waals surface area (Å²) in [6, 6.07) is 23.1. The van der Waals surface area contributed by atoms with E-state index in [2.05, 4.69) is 38.1 Å². The molecule has 3 aliphatic carbocycles. The van der Waals surface area contributed by atoms with Crippen LogP contribution in [0.5, 0.6) is 5.75 Å². The van der Waals surface area contributed by atoms with Crippen molar-refractivity contribution in [2.75, 3.05) is 4.90 Å². The summed E-state index contributed by atoms with van der Waals surface area (Å²) in [6.45, 7) is 5.53. The summed E-state index contributed by atoms with van der Waals surface area (Å²) in [5.41, 5.74) is 3.65. The highest BCUT2D eigenvalue weighted by Gasteiger charge is 2.70. The first-order valence-electron chi connectivity index (χ1n) is 11.2. The van der Waals surface area contributed by atoms with E-state index in [1.54, 1.807) is 24.3 Å². The zero-order chi connectivity index (χ0) is 23.1. The first kappa shape index (κ1) is 19.9. The van der Waals surface area contributed by atoms with Crippen LogP contribution in [0, 0.1) is 11.8 Å². The van der Waals surface area contributed by atoms with Gasteiger partial charge in [0.25, 0.3) is 0 Å². The molecular weight excluding hydrogens is 414 g/mol. The van der Waals surface area contributed by atoms with E-state index < -0.39 is 28.6 Å². The number of carbonyl (C=O) groups is 3. The van der Waals surface area contributed by atoms with Gasteiger partial charge in [0.1, 0.15) is 5.75 Å². The summed E-state index contributed by atoms with van der Waals surface area (Å²) in [7, 11) is 0. The minimum atomic E-state index is -0.620. The zero-order valence-electron chi connectivity index (χ0n) is 18.7. The second kappa shape index (κ2) is 6.41. The molecule has 4 aliphatic rings. The van der Waals surface area contributed by atoms with Gasteiger partial charge in [0.2, 0.25) is 11.8 Å². The van der Waals surface area contributed by atoms with Crippen molar-refractivity contribution in [1.82, 2.24) is 0 Å². The summed E-state index contributed by atoms with van der Waals surface area (Å²) < 4.78 is 5.21. The molecule has 0 aromatic heterocycles. The maximum absolute atomic E-state index is 14.0. The predicted molar refractivity (Wildman–Crippen MR) is 123 cm³/mol. The number of rotatable bonds is 2. The van der Waals surface area contributed by atoms with Crippen molar-refractivity contribution in [2.24, 2.45) is 11.8 Å². The van der Waals surface area contributed by atoms with Gasteiger partial charge in [0.05, 0.1) is 17.5 Å². The molecule has 0 spiro atoms. The minimum Gasteiger partial charge on any atom is -0.427 e. The highest BCUT2D eigenvalue weighted by Crippen LogP contribution is 2.66. The highest BCUT2D eigenvalue weighted by atomic mass is 16.5. The van der Waals surface area contributed by atoms with Crippen molar-refractivity contribution in [3.63, 3.8) is 0 Å². The number of hydrogen-bond acceptors (Lipinski definition) is 4. The van der Waals surface area contributed by atoms with Gasteiger partial charge >= 0.3 is 5.97 Å². The number of imide groups is 1. The van der Waals surface area contributed by atoms with Gasteiger partial charge in [-0.05, 0) is 34.4 Å². The molecule has 3 aromatic carbocycles. The summed E-state index contributed by atoms with van der Waals surface area (Å²) in [6.07, 6.45) is 0. The molecule has 0 saturated carbocycles. The van der Waals surface area contributed by atoms with Crippen LogP contribution in [0.15, 0.2) is 72.8 Å². The number of carbonyl (C=O) groups excluding carboxylic acids is 3. The quantitative estimate of drug-likeness (QED) is 0.340. The molecular formula is C28H23NO4. The third kappa shape index (κ3) is 2.29. The Bertz CT molecular complexity index is 1250. The van der Waals surface area contributed by atoms with Crippen molar-refractivity contribution in [3.8, 4) is 5.75 Å². The first-order chi connectivity index (χ1) is 15.8. The normalized spacial score (nSPS) is 28.9. The van der Waals surface area contributed by atoms with E-state index in [1.165, 1.54) is 11.8 Å². The molecule has 0 radical (unpaired) electrons. The Morgan fingerprint density at radius 3 is 1.64 bits per heavy atom. The fourth-order valence-electron chi connectivity index (χ4n) is 6.68. The molecule has 7 rings (SSSR count). The number of ether oxygens (including phenoxy) is 1. The lowest BCUT2D eigenvalue weighted by atomic mass is 9.42. The van der Waals surface area contributed by atoms with Gasteiger partial charge in [-0.1, -0.05) is 68.4 Å². The number of hydrogen-bond donors (Lipinski definition) is 0. The third-order valence-corrected chi connectivity index (χ3v) is 7.98. The maximum atomic E-state index is 14.0. The second-order valence-electron chi connectivity index (χ2n) is 9.55. The number of benzene rings is 3. The average molecular weight is 437 g/mol. The first-order valence-corrected chi connectivity index (χ1v) is 11.2. The summed E-state index contributed by atoms with van der Waals surface area (Å²) in [5.74, 6) is -1.59. The highest BCUT2D eigenvalue weighted by molar-refractivity contribution is 6.24. The van der Waals surface area contributed by atoms with E-state index >= 15 is 0 Å². The van der Waals surface area contributed by atoms with E-state index in [0.717, 1.165) is 22.3 Å². The van der Waals surface area contributed by atoms with Crippen LogP contribution in [0.25, 0.3) is 0 Å². The number of anilines is 1. The van der Waals surface area contributed by atoms with Crippen LogP contribution in [0.2, 0.25) is 0 Å². The standard InChI is InChI=1S/C28H23NO4/c1-16(30)33-18-10-8-9-17(15-18)29-25(31)23-24(26(29)32)28(3)21-13-6-4-11-19(21)27(23,2)20-12-5-7-14-22(20)28/h4-15,23-24H,1-3H3/t23-,24+,27?,28?. The van der Waals surface area contributed by atoms with Gasteiger partial charge < -0.3 is 4.74 Å². The van der Waals surface area contributed by atoms with E-state index in [4.69, 9.17) is 4.74 Å². The van der Waals surface area contributed by atoms with Crippen molar-refractivity contribution in [3.05, 3.63) is 95.1 Å². The number of esters is 1. The molecule has 5 nitrogen and oxygen atoms in total. The molecule has 1 heterocycles. The zero-order valence-corrected chi connectivity index (χ0v) is 18.7. The molecule has 33 heavy (non-hydrogen) atoms. The molecule has 2 bridgehead atoms. The lowest BCUT2D eigenvalue weighted by molar-refractivity contribution is -0.132. The van der Waals surface area contributed by atoms with Crippen molar-refractivity contribution in [1.29, 1.82) is 0 Å². The number of amides is 2. The molecule has 2 amide bonds. The van der Waals surface area contributed by atoms with Crippen LogP contribution < -0.4 is 9.64 Å². The van der Waals surface area contributed by atoms with Gasteiger partial charge in [0.15, 0.2) is 0 Å². The van der Waals surface area contributed by atoms with E-state index in [0.29, 0.717) is 11.4 Å². The van der Waals surface area contributed by atoms with Gasteiger partial charge in [-0.25, -0.2) is 4.90 Å². The van der Waals surface area contributed by atoms with Crippen LogP contribution in [-0.4, -0.2) is 17.8 Å². The fraction of sp³-hybridized carbons (Fsp3) is 0.250. The van der Waals surface area contributed by atoms with Gasteiger partial charge in [-0.2, -0.15) is 0 Å². The van der Waals surface area contributed by atoms with Crippen molar-refractivity contribution in [2.45, 2.75) is 31.6 Å². The predicted octanol–water partition coefficient (Wildman–Crippen LogP) is 4.36. The smallest absolute Gasteiger partial charge is 0.308 e. The topological polar surface area (TPSA) is 63.7 Å². The summed E-state index contributed by atoms with van der Waals surface area (Å²) in [5, 5.41) is 0. The van der Waals surface area contributed by atoms with Gasteiger partial charge in [-0.15, -0.1) is 0 Å². The van der Waals surface area contributed by atoms with Gasteiger partial charge in [-0.3, -0.25) is 14.4 Å². The third-order valence-electron chi connectivity index (χ3n) is 7.98. The number of nitrogens with zero attached hydrogens (tertiary/aromatic N) is 1. The Kier molecular flexibility index (Phi) is 3.87. The Labute approximate surface area is 192 Å². The lowest BCUT2D eigenvalue weighted by Gasteiger charge is -2.57. The molecule has 5 heteroatoms. The molecule has 1 fully saturated rings. The maximum Gasteiger partial charge on any atom is 0.308 e. The molecule has 3 aromatic rings. The molecule has 1 aliphatic heterocycles. The lowest BCUT2D eigenvalue weighted by Crippen LogP contribution is -2.59. The molecule has 0 unspecified atom stereocenters. The molecule has 164 valence electrons. The largest absolute Gasteiger partial charge is 0.427 e. The second-order valence-corrected chi connectivity index (χ2v) is 9.55. The summed E-state index contributed by atoms with van der Waals surface area (Å²) >= 11 is 0. The Balaban J connectivity index is 1.58. The van der Waals surface area contributed by atoms with Crippen LogP contribution >= 0.6 is 0 Å². The van der Waals surface area contributed by atoms with Crippen LogP contribution in [-0.2, 0) is 25.2 Å². The Morgan fingerprint density at radius 1 is 0.758 bits per heavy atom. The van der Waals surface area contributed by atoms with Gasteiger partial charge in [0, 0.05) is 23.8 Å². The molecule has 2 atom stereocenters. The summed E-state index contributed by atoms with van der Waals surface area (Å²) in [4.78, 5) is 40.8. The molecule has 0 N–H and O–H groups in total. The van der Waals surface area contributed by atoms with E-state index in [9.17, 15) is 14.4 Å². The van der Waals surface area contributed by atoms with Crippen molar-refractivity contribution >= 4 is 23.5 Å². The van der Waals surface area contributed by atoms with E-state index in [-0.39, 0.29) is 11.8 Å². The fourth-order valence-corrected chi connectivity index (χ4v) is 6.68. The molecule has 1 saturated heterocycles. The van der Waals surface area contributed by atoms with Crippen molar-refractivity contribution < 1.29 is 19.1 Å². The Morgan fingerprint density at radius 2 is 1.21 bits per heavy atom. The average Bonchev–Trinajstić information content (AvgIpc) is 3.08. The van der Waals surface area contributed by atoms with Crippen LogP contribution in [0.4, 0.5) is 5.69 Å².